The fourth-order valence-electron chi connectivity index (χ4n) is 1.79. The predicted molar refractivity (Wildman–Crippen MR) is 70.4 cm³/mol. The van der Waals surface area contributed by atoms with Gasteiger partial charge in [0.15, 0.2) is 0 Å². The average molecular weight is 315 g/mol. The van der Waals surface area contributed by atoms with Gasteiger partial charge >= 0.3 is 0 Å². The van der Waals surface area contributed by atoms with E-state index < -0.39 is 11.6 Å². The van der Waals surface area contributed by atoms with Crippen molar-refractivity contribution in [1.82, 2.24) is 9.88 Å². The van der Waals surface area contributed by atoms with E-state index in [0.29, 0.717) is 0 Å². The fourth-order valence-corrected chi connectivity index (χ4v) is 2.17. The van der Waals surface area contributed by atoms with E-state index in [2.05, 4.69) is 21.2 Å². The summed E-state index contributed by atoms with van der Waals surface area (Å²) < 4.78 is 29.4. The molecule has 0 aliphatic rings. The molecule has 0 aliphatic heterocycles. The molecule has 0 saturated heterocycles. The van der Waals surface area contributed by atoms with Gasteiger partial charge in [-0.05, 0) is 46.7 Å². The number of nitrogens with one attached hydrogen (secondary N) is 1. The molecule has 0 aliphatic carbocycles. The number of aromatic nitrogens is 1. The lowest BCUT2D eigenvalue weighted by molar-refractivity contribution is 0.540. The van der Waals surface area contributed by atoms with Crippen LogP contribution < -0.4 is 5.32 Å². The lowest BCUT2D eigenvalue weighted by Gasteiger charge is -2.07. The highest BCUT2D eigenvalue weighted by Crippen LogP contribution is 2.22. The SMILES string of the molecule is CNCc1ccn(Cc2c(F)ccc(Br)c2F)c1. The number of rotatable bonds is 4. The third kappa shape index (κ3) is 2.79. The van der Waals surface area contributed by atoms with Crippen LogP contribution in [0.4, 0.5) is 8.78 Å². The first kappa shape index (κ1) is 13.2. The van der Waals surface area contributed by atoms with Crippen molar-refractivity contribution in [2.45, 2.75) is 13.1 Å². The third-order valence-corrected chi connectivity index (χ3v) is 3.28. The Morgan fingerprint density at radius 3 is 2.78 bits per heavy atom. The Hall–Kier alpha value is -1.20. The zero-order valence-corrected chi connectivity index (χ0v) is 11.5. The molecule has 18 heavy (non-hydrogen) atoms. The Kier molecular flexibility index (Phi) is 4.14. The predicted octanol–water partition coefficient (Wildman–Crippen LogP) is 3.30. The number of hydrogen-bond donors (Lipinski definition) is 1. The normalized spacial score (nSPS) is 10.9. The highest BCUT2D eigenvalue weighted by molar-refractivity contribution is 9.10. The molecule has 1 N–H and O–H groups in total. The largest absolute Gasteiger partial charge is 0.349 e. The molecule has 5 heteroatoms. The van der Waals surface area contributed by atoms with E-state index in [1.807, 2.05) is 25.5 Å². The molecule has 0 radical (unpaired) electrons. The lowest BCUT2D eigenvalue weighted by Crippen LogP contribution is -2.05. The topological polar surface area (TPSA) is 17.0 Å². The van der Waals surface area contributed by atoms with Crippen LogP contribution in [0, 0.1) is 11.6 Å². The second-order valence-electron chi connectivity index (χ2n) is 4.04. The Morgan fingerprint density at radius 2 is 2.06 bits per heavy atom. The van der Waals surface area contributed by atoms with Gasteiger partial charge in [-0.15, -0.1) is 0 Å². The number of halogens is 3. The Labute approximate surface area is 113 Å². The van der Waals surface area contributed by atoms with Gasteiger partial charge in [0.25, 0.3) is 0 Å². The lowest BCUT2D eigenvalue weighted by atomic mass is 10.2. The van der Waals surface area contributed by atoms with Crippen LogP contribution in [0.5, 0.6) is 0 Å². The summed E-state index contributed by atoms with van der Waals surface area (Å²) in [5, 5.41) is 3.02. The van der Waals surface area contributed by atoms with E-state index in [-0.39, 0.29) is 16.6 Å². The molecule has 1 aromatic carbocycles. The fraction of sp³-hybridized carbons (Fsp3) is 0.231. The molecule has 0 spiro atoms. The first-order valence-corrected chi connectivity index (χ1v) is 6.32. The molecule has 96 valence electrons. The summed E-state index contributed by atoms with van der Waals surface area (Å²) in [5.74, 6) is -1.07. The van der Waals surface area contributed by atoms with Crippen molar-refractivity contribution < 1.29 is 8.78 Å². The summed E-state index contributed by atoms with van der Waals surface area (Å²) in [4.78, 5) is 0. The minimum Gasteiger partial charge on any atom is -0.349 e. The number of hydrogen-bond acceptors (Lipinski definition) is 1. The molecular formula is C13H13BrF2N2. The molecule has 0 bridgehead atoms. The number of nitrogens with zero attached hydrogens (tertiary/aromatic N) is 1. The maximum atomic E-state index is 13.8. The van der Waals surface area contributed by atoms with E-state index >= 15 is 0 Å². The minimum absolute atomic E-state index is 0.0657. The summed E-state index contributed by atoms with van der Waals surface area (Å²) in [6, 6.07) is 4.56. The van der Waals surface area contributed by atoms with Crippen LogP contribution in [0.3, 0.4) is 0 Å². The molecule has 2 rings (SSSR count). The van der Waals surface area contributed by atoms with Gasteiger partial charge in [-0.2, -0.15) is 0 Å². The second kappa shape index (κ2) is 5.63. The van der Waals surface area contributed by atoms with Gasteiger partial charge in [0.1, 0.15) is 11.6 Å². The van der Waals surface area contributed by atoms with Crippen LogP contribution in [0.25, 0.3) is 0 Å². The molecule has 0 amide bonds. The summed E-state index contributed by atoms with van der Waals surface area (Å²) in [7, 11) is 1.85. The van der Waals surface area contributed by atoms with Gasteiger partial charge in [0, 0.05) is 24.5 Å². The van der Waals surface area contributed by atoms with Crippen molar-refractivity contribution in [2.24, 2.45) is 0 Å². The van der Waals surface area contributed by atoms with Crippen LogP contribution >= 0.6 is 15.9 Å². The van der Waals surface area contributed by atoms with Crippen LogP contribution in [-0.2, 0) is 13.1 Å². The third-order valence-electron chi connectivity index (χ3n) is 2.67. The molecular weight excluding hydrogens is 302 g/mol. The van der Waals surface area contributed by atoms with Crippen LogP contribution in [-0.4, -0.2) is 11.6 Å². The summed E-state index contributed by atoms with van der Waals surface area (Å²) >= 11 is 3.06. The molecule has 0 fully saturated rings. The first-order chi connectivity index (χ1) is 8.61. The van der Waals surface area contributed by atoms with Crippen LogP contribution in [0.1, 0.15) is 11.1 Å². The maximum absolute atomic E-state index is 13.8. The minimum atomic E-state index is -0.543. The molecule has 2 nitrogen and oxygen atoms in total. The average Bonchev–Trinajstić information content (AvgIpc) is 2.78. The standard InChI is InChI=1S/C13H13BrF2N2/c1-17-6-9-4-5-18(7-9)8-10-12(15)3-2-11(14)13(10)16/h2-5,7,17H,6,8H2,1H3. The molecule has 0 unspecified atom stereocenters. The van der Waals surface area contributed by atoms with Gasteiger partial charge in [-0.1, -0.05) is 0 Å². The monoisotopic (exact) mass is 314 g/mol. The van der Waals surface area contributed by atoms with E-state index in [9.17, 15) is 8.78 Å². The Morgan fingerprint density at radius 1 is 1.28 bits per heavy atom. The zero-order chi connectivity index (χ0) is 13.1. The highest BCUT2D eigenvalue weighted by Gasteiger charge is 2.12. The maximum Gasteiger partial charge on any atom is 0.145 e. The van der Waals surface area contributed by atoms with Crippen molar-refractivity contribution in [2.75, 3.05) is 7.05 Å². The first-order valence-electron chi connectivity index (χ1n) is 5.53. The Bertz CT molecular complexity index is 552. The van der Waals surface area contributed by atoms with Crippen LogP contribution in [0.15, 0.2) is 35.1 Å². The molecule has 0 saturated carbocycles. The van der Waals surface area contributed by atoms with Crippen LogP contribution in [0.2, 0.25) is 0 Å². The smallest absolute Gasteiger partial charge is 0.145 e. The van der Waals surface area contributed by atoms with E-state index in [1.54, 1.807) is 4.57 Å². The van der Waals surface area contributed by atoms with Crippen molar-refractivity contribution in [3.05, 3.63) is 57.8 Å². The highest BCUT2D eigenvalue weighted by atomic mass is 79.9. The van der Waals surface area contributed by atoms with Crippen molar-refractivity contribution >= 4 is 15.9 Å². The summed E-state index contributed by atoms with van der Waals surface area (Å²) in [6.45, 7) is 0.914. The van der Waals surface area contributed by atoms with E-state index in [0.717, 1.165) is 12.1 Å². The number of benzene rings is 1. The Balaban J connectivity index is 2.25. The van der Waals surface area contributed by atoms with E-state index in [4.69, 9.17) is 0 Å². The summed E-state index contributed by atoms with van der Waals surface area (Å²) in [6.07, 6.45) is 3.68. The summed E-state index contributed by atoms with van der Waals surface area (Å²) in [5.41, 5.74) is 1.14. The van der Waals surface area contributed by atoms with Gasteiger partial charge < -0.3 is 9.88 Å². The molecule has 0 atom stereocenters. The molecule has 1 aromatic heterocycles. The van der Waals surface area contributed by atoms with Gasteiger partial charge in [0.05, 0.1) is 11.0 Å². The van der Waals surface area contributed by atoms with E-state index in [1.165, 1.54) is 12.1 Å². The quantitative estimate of drug-likeness (QED) is 0.857. The molecule has 1 heterocycles. The zero-order valence-electron chi connectivity index (χ0n) is 9.88. The van der Waals surface area contributed by atoms with Gasteiger partial charge in [-0.3, -0.25) is 0 Å². The van der Waals surface area contributed by atoms with Crippen molar-refractivity contribution in [3.63, 3.8) is 0 Å². The van der Waals surface area contributed by atoms with Crippen molar-refractivity contribution in [1.29, 1.82) is 0 Å². The second-order valence-corrected chi connectivity index (χ2v) is 4.90. The van der Waals surface area contributed by atoms with Crippen molar-refractivity contribution in [3.8, 4) is 0 Å². The van der Waals surface area contributed by atoms with Gasteiger partial charge in [-0.25, -0.2) is 8.78 Å². The molecule has 2 aromatic rings. The van der Waals surface area contributed by atoms with Gasteiger partial charge in [0.2, 0.25) is 0 Å².